The van der Waals surface area contributed by atoms with Crippen molar-refractivity contribution in [2.75, 3.05) is 21.3 Å². The first-order valence-electron chi connectivity index (χ1n) is 7.66. The lowest BCUT2D eigenvalue weighted by atomic mass is 10.2. The molecule has 0 fully saturated rings. The summed E-state index contributed by atoms with van der Waals surface area (Å²) in [6.07, 6.45) is 1.43. The highest BCUT2D eigenvalue weighted by Crippen LogP contribution is 2.38. The number of hydrogen-bond donors (Lipinski definition) is 2. The van der Waals surface area contributed by atoms with Crippen molar-refractivity contribution < 1.29 is 28.2 Å². The van der Waals surface area contributed by atoms with E-state index in [-0.39, 0.29) is 18.3 Å². The van der Waals surface area contributed by atoms with E-state index < -0.39 is 5.97 Å². The fraction of sp³-hybridized carbons (Fsp3) is 0.235. The summed E-state index contributed by atoms with van der Waals surface area (Å²) >= 11 is 0. The number of carbonyl (C=O) groups excluding carboxylic acids is 1. The van der Waals surface area contributed by atoms with Gasteiger partial charge in [0.25, 0.3) is 0 Å². The van der Waals surface area contributed by atoms with Gasteiger partial charge in [0, 0.05) is 5.56 Å². The van der Waals surface area contributed by atoms with Gasteiger partial charge in [-0.15, -0.1) is 5.10 Å². The Labute approximate surface area is 155 Å². The number of carbonyl (C=O) groups is 1. The predicted octanol–water partition coefficient (Wildman–Crippen LogP) is 1.27. The molecule has 0 spiro atoms. The smallest absolute Gasteiger partial charge is 0.373 e. The van der Waals surface area contributed by atoms with Gasteiger partial charge in [0.15, 0.2) is 11.5 Å². The van der Waals surface area contributed by atoms with Gasteiger partial charge in [-0.1, -0.05) is 0 Å². The third-order valence-corrected chi connectivity index (χ3v) is 3.27. The van der Waals surface area contributed by atoms with Crippen LogP contribution in [0, 0.1) is 0 Å². The molecular weight excluding hydrogens is 356 g/mol. The molecule has 0 aliphatic carbocycles. The van der Waals surface area contributed by atoms with Gasteiger partial charge in [-0.05, 0) is 24.3 Å². The Balaban J connectivity index is 2.22. The Kier molecular flexibility index (Phi) is 6.64. The molecule has 27 heavy (non-hydrogen) atoms. The first-order chi connectivity index (χ1) is 13.0. The van der Waals surface area contributed by atoms with Crippen LogP contribution in [0.15, 0.2) is 38.9 Å². The van der Waals surface area contributed by atoms with Gasteiger partial charge < -0.3 is 34.8 Å². The van der Waals surface area contributed by atoms with Crippen LogP contribution in [0.25, 0.3) is 0 Å². The number of furan rings is 1. The first kappa shape index (κ1) is 19.6. The minimum atomic E-state index is -0.569. The number of benzene rings is 1. The van der Waals surface area contributed by atoms with Crippen molar-refractivity contribution in [1.29, 1.82) is 0 Å². The van der Waals surface area contributed by atoms with E-state index in [0.29, 0.717) is 28.6 Å². The number of rotatable bonds is 8. The zero-order chi connectivity index (χ0) is 19.8. The lowest BCUT2D eigenvalue weighted by molar-refractivity contribution is 0.0560. The zero-order valence-corrected chi connectivity index (χ0v) is 15.1. The van der Waals surface area contributed by atoms with Crippen LogP contribution >= 0.6 is 0 Å². The molecule has 10 heteroatoms. The van der Waals surface area contributed by atoms with E-state index in [4.69, 9.17) is 30.1 Å². The quantitative estimate of drug-likeness (QED) is 0.303. The summed E-state index contributed by atoms with van der Waals surface area (Å²) in [5.74, 6) is 0.949. The van der Waals surface area contributed by atoms with Crippen molar-refractivity contribution >= 4 is 18.1 Å². The van der Waals surface area contributed by atoms with Crippen molar-refractivity contribution in [3.05, 3.63) is 41.3 Å². The molecule has 144 valence electrons. The summed E-state index contributed by atoms with van der Waals surface area (Å²) in [5, 5.41) is 7.28. The fourth-order valence-electron chi connectivity index (χ4n) is 2.09. The molecule has 4 N–H and O–H groups in total. The second kappa shape index (κ2) is 9.13. The molecular formula is C17H20N4O6. The van der Waals surface area contributed by atoms with Crippen molar-refractivity contribution in [2.45, 2.75) is 6.61 Å². The van der Waals surface area contributed by atoms with Crippen LogP contribution in [-0.4, -0.2) is 39.5 Å². The van der Waals surface area contributed by atoms with E-state index in [1.165, 1.54) is 33.6 Å². The molecule has 1 aromatic heterocycles. The van der Waals surface area contributed by atoms with Crippen LogP contribution in [0.2, 0.25) is 0 Å². The highest BCUT2D eigenvalue weighted by molar-refractivity contribution is 5.86. The largest absolute Gasteiger partial charge is 0.493 e. The van der Waals surface area contributed by atoms with Gasteiger partial charge in [-0.3, -0.25) is 0 Å². The van der Waals surface area contributed by atoms with Crippen LogP contribution in [-0.2, 0) is 11.3 Å². The Bertz CT molecular complexity index is 830. The number of nitrogens with two attached hydrogens (primary N) is 2. The zero-order valence-electron chi connectivity index (χ0n) is 15.1. The van der Waals surface area contributed by atoms with E-state index >= 15 is 0 Å². The average Bonchev–Trinajstić information content (AvgIpc) is 3.14. The maximum absolute atomic E-state index is 11.4. The number of ether oxygens (including phenoxy) is 4. The van der Waals surface area contributed by atoms with Crippen LogP contribution in [0.4, 0.5) is 0 Å². The minimum absolute atomic E-state index is 0.0468. The molecule has 0 amide bonds. The van der Waals surface area contributed by atoms with E-state index in [9.17, 15) is 4.79 Å². The lowest BCUT2D eigenvalue weighted by Gasteiger charge is -2.14. The van der Waals surface area contributed by atoms with Gasteiger partial charge in [-0.25, -0.2) is 4.79 Å². The molecule has 0 bridgehead atoms. The third-order valence-electron chi connectivity index (χ3n) is 3.27. The maximum atomic E-state index is 11.4. The van der Waals surface area contributed by atoms with Crippen molar-refractivity contribution in [1.82, 2.24) is 0 Å². The van der Waals surface area contributed by atoms with Crippen LogP contribution in [0.5, 0.6) is 17.2 Å². The number of hydrogen-bond acceptors (Lipinski definition) is 8. The number of nitrogens with zero attached hydrogens (tertiary/aromatic N) is 2. The minimum Gasteiger partial charge on any atom is -0.493 e. The number of esters is 1. The van der Waals surface area contributed by atoms with Gasteiger partial charge in [0.1, 0.15) is 12.4 Å². The number of guanidine groups is 1. The summed E-state index contributed by atoms with van der Waals surface area (Å²) < 4.78 is 26.4. The molecule has 0 aliphatic heterocycles. The molecule has 0 aliphatic rings. The molecule has 2 aromatic rings. The molecule has 10 nitrogen and oxygen atoms in total. The van der Waals surface area contributed by atoms with E-state index in [2.05, 4.69) is 14.9 Å². The Hall–Kier alpha value is -3.69. The summed E-state index contributed by atoms with van der Waals surface area (Å²) in [7, 11) is 4.25. The van der Waals surface area contributed by atoms with Crippen LogP contribution < -0.4 is 25.7 Å². The molecule has 1 aromatic carbocycles. The van der Waals surface area contributed by atoms with E-state index in [0.717, 1.165) is 0 Å². The maximum Gasteiger partial charge on any atom is 0.373 e. The molecule has 2 rings (SSSR count). The Morgan fingerprint density at radius 3 is 2.37 bits per heavy atom. The Morgan fingerprint density at radius 1 is 1.15 bits per heavy atom. The van der Waals surface area contributed by atoms with Gasteiger partial charge in [0.2, 0.25) is 17.5 Å². The summed E-state index contributed by atoms with van der Waals surface area (Å²) in [6.45, 7) is 0.0468. The topological polar surface area (TPSA) is 144 Å². The standard InChI is InChI=1S/C17H20N4O6/c1-23-13-6-10(8-20-21-17(18)19)7-14(24-2)15(13)26-9-11-4-5-12(27-11)16(22)25-3/h4-8H,9H2,1-3H3,(H4,18,19,21). The van der Waals surface area contributed by atoms with Crippen molar-refractivity contribution in [3.63, 3.8) is 0 Å². The van der Waals surface area contributed by atoms with Gasteiger partial charge in [-0.2, -0.15) is 5.10 Å². The van der Waals surface area contributed by atoms with Crippen molar-refractivity contribution in [2.24, 2.45) is 21.7 Å². The fourth-order valence-corrected chi connectivity index (χ4v) is 2.09. The summed E-state index contributed by atoms with van der Waals surface area (Å²) in [4.78, 5) is 11.4. The summed E-state index contributed by atoms with van der Waals surface area (Å²) in [6, 6.07) is 6.46. The molecule has 0 radical (unpaired) electrons. The molecule has 0 unspecified atom stereocenters. The third kappa shape index (κ3) is 5.14. The molecule has 0 saturated heterocycles. The normalized spacial score (nSPS) is 10.5. The molecule has 0 saturated carbocycles. The second-order valence-corrected chi connectivity index (χ2v) is 5.07. The second-order valence-electron chi connectivity index (χ2n) is 5.07. The highest BCUT2D eigenvalue weighted by atomic mass is 16.5. The van der Waals surface area contributed by atoms with Crippen LogP contribution in [0.3, 0.4) is 0 Å². The van der Waals surface area contributed by atoms with E-state index in [1.807, 2.05) is 0 Å². The average molecular weight is 376 g/mol. The summed E-state index contributed by atoms with van der Waals surface area (Å²) in [5.41, 5.74) is 11.1. The van der Waals surface area contributed by atoms with Crippen molar-refractivity contribution in [3.8, 4) is 17.2 Å². The predicted molar refractivity (Wildman–Crippen MR) is 97.3 cm³/mol. The van der Waals surface area contributed by atoms with Gasteiger partial charge >= 0.3 is 5.97 Å². The van der Waals surface area contributed by atoms with Crippen LogP contribution in [0.1, 0.15) is 21.9 Å². The van der Waals surface area contributed by atoms with E-state index in [1.54, 1.807) is 18.2 Å². The highest BCUT2D eigenvalue weighted by Gasteiger charge is 2.16. The molecule has 0 atom stereocenters. The Morgan fingerprint density at radius 2 is 1.81 bits per heavy atom. The number of methoxy groups -OCH3 is 3. The first-order valence-corrected chi connectivity index (χ1v) is 7.66. The molecule has 1 heterocycles. The monoisotopic (exact) mass is 376 g/mol. The lowest BCUT2D eigenvalue weighted by Crippen LogP contribution is -2.21. The SMILES string of the molecule is COC(=O)c1ccc(COc2c(OC)cc(C=NN=C(N)N)cc2OC)o1. The van der Waals surface area contributed by atoms with Gasteiger partial charge in [0.05, 0.1) is 27.5 Å².